The molecule has 1 aliphatic carbocycles. The molecule has 2 heterocycles. The number of aromatic amines is 1. The van der Waals surface area contributed by atoms with Crippen molar-refractivity contribution in [3.8, 4) is 11.3 Å². The van der Waals surface area contributed by atoms with Crippen LogP contribution in [0.1, 0.15) is 47.9 Å². The summed E-state index contributed by atoms with van der Waals surface area (Å²) in [5, 5.41) is 15.7. The summed E-state index contributed by atoms with van der Waals surface area (Å²) in [7, 11) is 0. The number of amides is 1. The van der Waals surface area contributed by atoms with Crippen LogP contribution < -0.4 is 10.9 Å². The minimum Gasteiger partial charge on any atom is -0.345 e. The Bertz CT molecular complexity index is 1340. The molecule has 5 rings (SSSR count). The smallest absolute Gasteiger partial charge is 0.274 e. The second kappa shape index (κ2) is 8.37. The molecule has 0 saturated heterocycles. The fourth-order valence-corrected chi connectivity index (χ4v) is 4.27. The summed E-state index contributed by atoms with van der Waals surface area (Å²) in [6.07, 6.45) is 4.07. The van der Waals surface area contributed by atoms with Gasteiger partial charge in [-0.15, -0.1) is 0 Å². The zero-order valence-corrected chi connectivity index (χ0v) is 17.3. The molecular weight excluding hydrogens is 409 g/mol. The Morgan fingerprint density at radius 2 is 1.81 bits per heavy atom. The van der Waals surface area contributed by atoms with Gasteiger partial charge in [0.05, 0.1) is 29.4 Å². The maximum atomic E-state index is 13.1. The van der Waals surface area contributed by atoms with Crippen molar-refractivity contribution in [3.63, 3.8) is 0 Å². The molecule has 32 heavy (non-hydrogen) atoms. The largest absolute Gasteiger partial charge is 0.345 e. The maximum Gasteiger partial charge on any atom is 0.274 e. The van der Waals surface area contributed by atoms with Gasteiger partial charge in [-0.05, 0) is 49.2 Å². The number of halogens is 1. The van der Waals surface area contributed by atoms with Crippen molar-refractivity contribution < 1.29 is 9.18 Å². The van der Waals surface area contributed by atoms with E-state index >= 15 is 0 Å². The standard InChI is InChI=1S/C24H22FN5O2/c25-16-11-9-15(10-12-16)20-13-21(28-27-20)23(31)26-14-22-18-7-3-4-8-19(18)24(32)30(29-22)17-5-1-2-6-17/h3-4,7-13,17H,1-2,5-6,14H2,(H,26,31)(H,27,28). The third-order valence-corrected chi connectivity index (χ3v) is 5.95. The summed E-state index contributed by atoms with van der Waals surface area (Å²) in [6, 6.07) is 15.0. The van der Waals surface area contributed by atoms with Gasteiger partial charge in [-0.2, -0.15) is 10.2 Å². The minimum atomic E-state index is -0.338. The van der Waals surface area contributed by atoms with Gasteiger partial charge in [0, 0.05) is 10.9 Å². The van der Waals surface area contributed by atoms with E-state index in [1.807, 2.05) is 18.2 Å². The van der Waals surface area contributed by atoms with Crippen molar-refractivity contribution in [2.75, 3.05) is 0 Å². The molecule has 0 unspecified atom stereocenters. The lowest BCUT2D eigenvalue weighted by atomic mass is 10.1. The number of hydrogen-bond acceptors (Lipinski definition) is 4. The zero-order valence-electron chi connectivity index (χ0n) is 17.3. The number of carbonyl (C=O) groups excluding carboxylic acids is 1. The van der Waals surface area contributed by atoms with E-state index in [9.17, 15) is 14.0 Å². The predicted molar refractivity (Wildman–Crippen MR) is 119 cm³/mol. The third-order valence-electron chi connectivity index (χ3n) is 5.95. The van der Waals surface area contributed by atoms with E-state index < -0.39 is 0 Å². The molecule has 0 bridgehead atoms. The lowest BCUT2D eigenvalue weighted by Gasteiger charge is -2.16. The number of benzene rings is 2. The van der Waals surface area contributed by atoms with Crippen LogP contribution >= 0.6 is 0 Å². The quantitative estimate of drug-likeness (QED) is 0.500. The summed E-state index contributed by atoms with van der Waals surface area (Å²) in [6.45, 7) is 0.178. The summed E-state index contributed by atoms with van der Waals surface area (Å²) in [4.78, 5) is 25.7. The van der Waals surface area contributed by atoms with Crippen molar-refractivity contribution in [1.82, 2.24) is 25.3 Å². The Kier molecular flexibility index (Phi) is 5.26. The third kappa shape index (κ3) is 3.79. The van der Waals surface area contributed by atoms with Crippen molar-refractivity contribution >= 4 is 16.7 Å². The Morgan fingerprint density at radius 3 is 2.56 bits per heavy atom. The summed E-state index contributed by atoms with van der Waals surface area (Å²) < 4.78 is 14.7. The molecule has 4 aromatic rings. The molecule has 162 valence electrons. The molecule has 0 radical (unpaired) electrons. The first-order chi connectivity index (χ1) is 15.6. The molecule has 0 spiro atoms. The van der Waals surface area contributed by atoms with Crippen molar-refractivity contribution in [3.05, 3.63) is 82.2 Å². The number of aromatic nitrogens is 4. The van der Waals surface area contributed by atoms with Crippen LogP contribution in [0.15, 0.2) is 59.4 Å². The highest BCUT2D eigenvalue weighted by Gasteiger charge is 2.22. The second-order valence-corrected chi connectivity index (χ2v) is 8.04. The number of carbonyl (C=O) groups is 1. The summed E-state index contributed by atoms with van der Waals surface area (Å²) in [5.41, 5.74) is 2.11. The molecule has 1 aliphatic rings. The molecule has 0 atom stereocenters. The SMILES string of the molecule is O=C(NCc1nn(C2CCCC2)c(=O)c2ccccc12)c1cc(-c2ccc(F)cc2)n[nH]1. The lowest BCUT2D eigenvalue weighted by Crippen LogP contribution is -2.30. The highest BCUT2D eigenvalue weighted by Crippen LogP contribution is 2.28. The highest BCUT2D eigenvalue weighted by atomic mass is 19.1. The van der Waals surface area contributed by atoms with Crippen LogP contribution in [0.2, 0.25) is 0 Å². The van der Waals surface area contributed by atoms with E-state index in [0.29, 0.717) is 22.3 Å². The number of rotatable bonds is 5. The molecule has 2 aromatic heterocycles. The van der Waals surface area contributed by atoms with Crippen LogP contribution in [0.3, 0.4) is 0 Å². The van der Waals surface area contributed by atoms with Gasteiger partial charge in [0.2, 0.25) is 0 Å². The van der Waals surface area contributed by atoms with Gasteiger partial charge in [0.1, 0.15) is 11.5 Å². The van der Waals surface area contributed by atoms with Crippen LogP contribution in [-0.2, 0) is 6.54 Å². The van der Waals surface area contributed by atoms with Gasteiger partial charge in [-0.25, -0.2) is 9.07 Å². The zero-order chi connectivity index (χ0) is 22.1. The number of nitrogens with one attached hydrogen (secondary N) is 2. The molecule has 7 nitrogen and oxygen atoms in total. The molecule has 1 amide bonds. The number of nitrogens with zero attached hydrogens (tertiary/aromatic N) is 3. The lowest BCUT2D eigenvalue weighted by molar-refractivity contribution is 0.0945. The van der Waals surface area contributed by atoms with Gasteiger partial charge in [0.25, 0.3) is 11.5 Å². The van der Waals surface area contributed by atoms with Gasteiger partial charge >= 0.3 is 0 Å². The molecule has 2 N–H and O–H groups in total. The van der Waals surface area contributed by atoms with E-state index in [-0.39, 0.29) is 35.6 Å². The number of H-pyrrole nitrogens is 1. The van der Waals surface area contributed by atoms with Crippen LogP contribution in [-0.4, -0.2) is 25.9 Å². The first-order valence-corrected chi connectivity index (χ1v) is 10.7. The summed E-state index contributed by atoms with van der Waals surface area (Å²) >= 11 is 0. The molecule has 8 heteroatoms. The highest BCUT2D eigenvalue weighted by molar-refractivity contribution is 5.93. The van der Waals surface area contributed by atoms with Gasteiger partial charge in [-0.1, -0.05) is 31.0 Å². The average molecular weight is 431 g/mol. The van der Waals surface area contributed by atoms with E-state index in [0.717, 1.165) is 31.1 Å². The Balaban J connectivity index is 1.39. The number of fused-ring (bicyclic) bond motifs is 1. The van der Waals surface area contributed by atoms with Crippen molar-refractivity contribution in [2.45, 2.75) is 38.3 Å². The second-order valence-electron chi connectivity index (χ2n) is 8.04. The van der Waals surface area contributed by atoms with Crippen molar-refractivity contribution in [1.29, 1.82) is 0 Å². The van der Waals surface area contributed by atoms with Crippen LogP contribution in [0.25, 0.3) is 22.0 Å². The topological polar surface area (TPSA) is 92.7 Å². The van der Waals surface area contributed by atoms with E-state index in [1.165, 1.54) is 12.1 Å². The number of hydrogen-bond donors (Lipinski definition) is 2. The van der Waals surface area contributed by atoms with Gasteiger partial charge in [0.15, 0.2) is 0 Å². The fourth-order valence-electron chi connectivity index (χ4n) is 4.27. The van der Waals surface area contributed by atoms with Crippen LogP contribution in [0.5, 0.6) is 0 Å². The Hall–Kier alpha value is -3.81. The van der Waals surface area contributed by atoms with E-state index in [4.69, 9.17) is 0 Å². The van der Waals surface area contributed by atoms with Crippen LogP contribution in [0, 0.1) is 5.82 Å². The Labute approximate surface area is 183 Å². The van der Waals surface area contributed by atoms with E-state index in [2.05, 4.69) is 20.6 Å². The molecule has 1 fully saturated rings. The Morgan fingerprint density at radius 1 is 1.09 bits per heavy atom. The van der Waals surface area contributed by atoms with Gasteiger partial charge in [-0.3, -0.25) is 14.7 Å². The van der Waals surface area contributed by atoms with Crippen LogP contribution in [0.4, 0.5) is 4.39 Å². The monoisotopic (exact) mass is 431 g/mol. The minimum absolute atomic E-state index is 0.0833. The normalized spacial score (nSPS) is 14.2. The average Bonchev–Trinajstić information content (AvgIpc) is 3.52. The molecule has 0 aliphatic heterocycles. The molecular formula is C24H22FN5O2. The first kappa shape index (κ1) is 20.1. The fraction of sp³-hybridized carbons (Fsp3) is 0.250. The first-order valence-electron chi connectivity index (χ1n) is 10.7. The van der Waals surface area contributed by atoms with E-state index in [1.54, 1.807) is 28.9 Å². The predicted octanol–water partition coefficient (Wildman–Crippen LogP) is 3.97. The summed E-state index contributed by atoms with van der Waals surface area (Å²) in [5.74, 6) is -0.670. The molecule has 2 aromatic carbocycles. The maximum absolute atomic E-state index is 13.1. The van der Waals surface area contributed by atoms with Crippen molar-refractivity contribution in [2.24, 2.45) is 0 Å². The van der Waals surface area contributed by atoms with Gasteiger partial charge < -0.3 is 5.32 Å². The molecule has 1 saturated carbocycles.